The molecule has 1 aromatic carbocycles. The van der Waals surface area contributed by atoms with E-state index in [1.165, 1.54) is 0 Å². The number of aliphatic hydroxyl groups is 1. The van der Waals surface area contributed by atoms with Gasteiger partial charge < -0.3 is 25.8 Å². The van der Waals surface area contributed by atoms with Crippen molar-refractivity contribution in [1.29, 1.82) is 0 Å². The Balaban J connectivity index is 1.94. The predicted molar refractivity (Wildman–Crippen MR) is 132 cm³/mol. The van der Waals surface area contributed by atoms with Gasteiger partial charge in [0.2, 0.25) is 11.8 Å². The first kappa shape index (κ1) is 27.3. The van der Waals surface area contributed by atoms with Crippen molar-refractivity contribution in [2.45, 2.75) is 84.5 Å². The summed E-state index contributed by atoms with van der Waals surface area (Å²) in [7, 11) is 1.68. The summed E-state index contributed by atoms with van der Waals surface area (Å²) in [5.41, 5.74) is 7.97. The number of nitrogens with zero attached hydrogens (tertiary/aromatic N) is 1. The van der Waals surface area contributed by atoms with Gasteiger partial charge in [0.15, 0.2) is 0 Å². The Morgan fingerprint density at radius 1 is 1.33 bits per heavy atom. The number of para-hydroxylation sites is 1. The van der Waals surface area contributed by atoms with E-state index in [1.807, 2.05) is 49.9 Å². The summed E-state index contributed by atoms with van der Waals surface area (Å²) >= 11 is 0. The lowest BCUT2D eigenvalue weighted by Crippen LogP contribution is -2.46. The number of ether oxygens (including phenoxy) is 1. The van der Waals surface area contributed by atoms with Crippen LogP contribution in [0.2, 0.25) is 0 Å². The van der Waals surface area contributed by atoms with Gasteiger partial charge in [0, 0.05) is 44.1 Å². The Morgan fingerprint density at radius 3 is 2.70 bits per heavy atom. The number of amides is 2. The number of benzene rings is 1. The van der Waals surface area contributed by atoms with Crippen molar-refractivity contribution in [2.75, 3.05) is 25.1 Å². The van der Waals surface area contributed by atoms with Gasteiger partial charge in [-0.15, -0.1) is 0 Å². The van der Waals surface area contributed by atoms with Crippen molar-refractivity contribution in [1.82, 2.24) is 5.32 Å². The third-order valence-corrected chi connectivity index (χ3v) is 6.54. The molecule has 1 aromatic rings. The third kappa shape index (κ3) is 8.09. The number of rotatable bonds is 12. The minimum atomic E-state index is -0.806. The van der Waals surface area contributed by atoms with Gasteiger partial charge in [-0.3, -0.25) is 9.59 Å². The zero-order chi connectivity index (χ0) is 24.6. The molecule has 0 fully saturated rings. The summed E-state index contributed by atoms with van der Waals surface area (Å²) in [6, 6.07) is 7.43. The molecule has 4 atom stereocenters. The van der Waals surface area contributed by atoms with Crippen LogP contribution in [0.25, 0.3) is 0 Å². The Hall–Kier alpha value is -1.96. The fourth-order valence-corrected chi connectivity index (χ4v) is 4.51. The van der Waals surface area contributed by atoms with Gasteiger partial charge in [-0.05, 0) is 36.3 Å². The average molecular weight is 462 g/mol. The van der Waals surface area contributed by atoms with Gasteiger partial charge in [0.05, 0.1) is 18.8 Å². The number of hydrogen-bond donors (Lipinski definition) is 3. The number of anilines is 1. The zero-order valence-electron chi connectivity index (χ0n) is 21.0. The van der Waals surface area contributed by atoms with Crippen LogP contribution in [0.5, 0.6) is 0 Å². The van der Waals surface area contributed by atoms with Gasteiger partial charge >= 0.3 is 0 Å². The van der Waals surface area contributed by atoms with Crippen molar-refractivity contribution < 1.29 is 19.4 Å². The van der Waals surface area contributed by atoms with Crippen LogP contribution in [0, 0.1) is 11.3 Å². The number of fused-ring (bicyclic) bond motifs is 1. The Kier molecular flexibility index (Phi) is 10.3. The van der Waals surface area contributed by atoms with Crippen molar-refractivity contribution in [2.24, 2.45) is 17.1 Å². The number of carbonyl (C=O) groups is 2. The molecule has 0 saturated carbocycles. The first-order valence-electron chi connectivity index (χ1n) is 12.2. The Labute approximate surface area is 199 Å². The molecule has 0 aliphatic carbocycles. The van der Waals surface area contributed by atoms with E-state index in [9.17, 15) is 14.7 Å². The van der Waals surface area contributed by atoms with E-state index in [0.717, 1.165) is 30.5 Å². The minimum Gasteiger partial charge on any atom is -0.391 e. The summed E-state index contributed by atoms with van der Waals surface area (Å²) in [5, 5.41) is 13.5. The van der Waals surface area contributed by atoms with Crippen molar-refractivity contribution in [3.63, 3.8) is 0 Å². The number of carbonyl (C=O) groups excluding carboxylic acids is 2. The lowest BCUT2D eigenvalue weighted by atomic mass is 9.79. The van der Waals surface area contributed by atoms with Gasteiger partial charge in [-0.1, -0.05) is 52.3 Å². The fraction of sp³-hybridized carbons (Fsp3) is 0.692. The molecule has 4 N–H and O–H groups in total. The van der Waals surface area contributed by atoms with Crippen LogP contribution in [0.4, 0.5) is 5.69 Å². The van der Waals surface area contributed by atoms with Crippen LogP contribution in [0.1, 0.15) is 65.4 Å². The molecule has 0 unspecified atom stereocenters. The van der Waals surface area contributed by atoms with E-state index < -0.39 is 17.6 Å². The van der Waals surface area contributed by atoms with E-state index in [0.29, 0.717) is 32.4 Å². The highest BCUT2D eigenvalue weighted by Gasteiger charge is 2.34. The summed E-state index contributed by atoms with van der Waals surface area (Å²) in [6.45, 7) is 9.07. The van der Waals surface area contributed by atoms with Crippen LogP contribution in [-0.2, 0) is 20.7 Å². The molecule has 186 valence electrons. The molecule has 0 bridgehead atoms. The monoisotopic (exact) mass is 461 g/mol. The Bertz CT molecular complexity index is 783. The maximum Gasteiger partial charge on any atom is 0.227 e. The second-order valence-corrected chi connectivity index (χ2v) is 10.3. The zero-order valence-corrected chi connectivity index (χ0v) is 21.0. The van der Waals surface area contributed by atoms with Gasteiger partial charge in [-0.2, -0.15) is 0 Å². The van der Waals surface area contributed by atoms with Gasteiger partial charge in [0.1, 0.15) is 0 Å². The predicted octanol–water partition coefficient (Wildman–Crippen LogP) is 3.03. The maximum atomic E-state index is 13.3. The van der Waals surface area contributed by atoms with E-state index in [1.54, 1.807) is 7.11 Å². The van der Waals surface area contributed by atoms with E-state index >= 15 is 0 Å². The van der Waals surface area contributed by atoms with Crippen LogP contribution in [-0.4, -0.2) is 55.4 Å². The lowest BCUT2D eigenvalue weighted by molar-refractivity contribution is -0.125. The molecule has 0 aromatic heterocycles. The fourth-order valence-electron chi connectivity index (χ4n) is 4.51. The number of nitrogens with two attached hydrogens (primary N) is 1. The average Bonchev–Trinajstić information content (AvgIpc) is 2.77. The molecule has 0 saturated heterocycles. The number of hydrogen-bond acceptors (Lipinski definition) is 5. The molecule has 7 nitrogen and oxygen atoms in total. The van der Waals surface area contributed by atoms with E-state index in [-0.39, 0.29) is 23.8 Å². The topological polar surface area (TPSA) is 105 Å². The normalized spacial score (nSPS) is 18.9. The molecule has 1 heterocycles. The van der Waals surface area contributed by atoms with Crippen molar-refractivity contribution >= 4 is 17.5 Å². The van der Waals surface area contributed by atoms with Crippen molar-refractivity contribution in [3.05, 3.63) is 29.8 Å². The first-order chi connectivity index (χ1) is 15.6. The van der Waals surface area contributed by atoms with Gasteiger partial charge in [-0.25, -0.2) is 0 Å². The number of unbranched alkanes of at least 4 members (excludes halogenated alkanes) is 1. The van der Waals surface area contributed by atoms with Gasteiger partial charge in [0.25, 0.3) is 0 Å². The molecule has 0 radical (unpaired) electrons. The highest BCUT2D eigenvalue weighted by atomic mass is 16.5. The maximum absolute atomic E-state index is 13.3. The van der Waals surface area contributed by atoms with Crippen molar-refractivity contribution in [3.8, 4) is 0 Å². The number of methoxy groups -OCH3 is 1. The smallest absolute Gasteiger partial charge is 0.227 e. The van der Waals surface area contributed by atoms with E-state index in [2.05, 4.69) is 12.2 Å². The number of nitrogens with one attached hydrogen (secondary N) is 1. The molecule has 0 spiro atoms. The van der Waals surface area contributed by atoms with Crippen LogP contribution < -0.4 is 16.0 Å². The molecular formula is C26H43N3O4. The quantitative estimate of drug-likeness (QED) is 0.415. The summed E-state index contributed by atoms with van der Waals surface area (Å²) < 4.78 is 5.56. The standard InChI is InChI=1S/C26H43N3O4/c1-6-7-12-28-25(32)18(2)13-23(30)21(27)15-26(3,4)16-24(31)29-17-20(33-5)14-19-10-8-9-11-22(19)29/h8-11,18,20-21,23,30H,6-7,12-17,27H2,1-5H3,(H,28,32)/t18-,20-,21+,23+/m1/s1. The summed E-state index contributed by atoms with van der Waals surface area (Å²) in [6.07, 6.45) is 3.01. The van der Waals surface area contributed by atoms with Crippen LogP contribution in [0.15, 0.2) is 24.3 Å². The molecule has 2 amide bonds. The summed E-state index contributed by atoms with van der Waals surface area (Å²) in [5.74, 6) is -0.344. The molecule has 33 heavy (non-hydrogen) atoms. The van der Waals surface area contributed by atoms with Crippen LogP contribution in [0.3, 0.4) is 0 Å². The largest absolute Gasteiger partial charge is 0.391 e. The second-order valence-electron chi connectivity index (χ2n) is 10.3. The second kappa shape index (κ2) is 12.5. The lowest BCUT2D eigenvalue weighted by Gasteiger charge is -2.37. The summed E-state index contributed by atoms with van der Waals surface area (Å²) in [4.78, 5) is 27.3. The first-order valence-corrected chi connectivity index (χ1v) is 12.2. The highest BCUT2D eigenvalue weighted by molar-refractivity contribution is 5.95. The number of aliphatic hydroxyl groups excluding tert-OH is 1. The molecular weight excluding hydrogens is 418 g/mol. The molecule has 7 heteroatoms. The SMILES string of the molecule is CCCCNC(=O)[C@H](C)C[C@H](O)[C@@H](N)CC(C)(C)CC(=O)N1C[C@H](OC)Cc2ccccc21. The minimum absolute atomic E-state index is 0.0269. The third-order valence-electron chi connectivity index (χ3n) is 6.54. The van der Waals surface area contributed by atoms with Crippen LogP contribution >= 0.6 is 0 Å². The molecule has 1 aliphatic rings. The highest BCUT2D eigenvalue weighted by Crippen LogP contribution is 2.33. The Morgan fingerprint density at radius 2 is 2.03 bits per heavy atom. The van der Waals surface area contributed by atoms with E-state index in [4.69, 9.17) is 10.5 Å². The molecule has 2 rings (SSSR count). The molecule has 1 aliphatic heterocycles.